The molecule has 2 atom stereocenters. The van der Waals surface area contributed by atoms with Crippen LogP contribution >= 0.6 is 0 Å². The molecule has 2 amide bonds. The van der Waals surface area contributed by atoms with Gasteiger partial charge in [-0.15, -0.1) is 0 Å². The summed E-state index contributed by atoms with van der Waals surface area (Å²) in [7, 11) is 0. The summed E-state index contributed by atoms with van der Waals surface area (Å²) < 4.78 is 5.62. The van der Waals surface area contributed by atoms with Crippen LogP contribution in [0.5, 0.6) is 0 Å². The predicted molar refractivity (Wildman–Crippen MR) is 133 cm³/mol. The molecule has 1 fully saturated rings. The summed E-state index contributed by atoms with van der Waals surface area (Å²) >= 11 is 0. The number of amides is 2. The lowest BCUT2D eigenvalue weighted by molar-refractivity contribution is -0.138. The number of carboxylic acid groups (broad SMARTS) is 1. The Labute approximate surface area is 206 Å². The van der Waals surface area contributed by atoms with E-state index in [1.54, 1.807) is 0 Å². The maximum Gasteiger partial charge on any atom is 0.407 e. The monoisotopic (exact) mass is 478 g/mol. The van der Waals surface area contributed by atoms with E-state index in [1.807, 2.05) is 38.1 Å². The molecule has 1 saturated carbocycles. The van der Waals surface area contributed by atoms with Crippen LogP contribution in [0.15, 0.2) is 48.5 Å². The van der Waals surface area contributed by atoms with Gasteiger partial charge >= 0.3 is 12.1 Å². The van der Waals surface area contributed by atoms with Crippen LogP contribution in [-0.2, 0) is 14.3 Å². The Morgan fingerprint density at radius 3 is 2.11 bits per heavy atom. The van der Waals surface area contributed by atoms with Crippen molar-refractivity contribution in [2.75, 3.05) is 13.2 Å². The minimum Gasteiger partial charge on any atom is -0.481 e. The fraction of sp³-hybridized carbons (Fsp3) is 0.464. The van der Waals surface area contributed by atoms with Crippen molar-refractivity contribution < 1.29 is 24.2 Å². The van der Waals surface area contributed by atoms with Crippen LogP contribution in [0.25, 0.3) is 11.1 Å². The molecule has 3 N–H and O–H groups in total. The van der Waals surface area contributed by atoms with Gasteiger partial charge in [0.25, 0.3) is 0 Å². The smallest absolute Gasteiger partial charge is 0.407 e. The number of carbonyl (C=O) groups excluding carboxylic acids is 2. The molecule has 4 rings (SSSR count). The Kier molecular flexibility index (Phi) is 7.73. The molecule has 7 heteroatoms. The molecule has 35 heavy (non-hydrogen) atoms. The number of rotatable bonds is 11. The van der Waals surface area contributed by atoms with Crippen LogP contribution < -0.4 is 10.6 Å². The normalized spacial score (nSPS) is 16.2. The van der Waals surface area contributed by atoms with Gasteiger partial charge in [-0.3, -0.25) is 9.59 Å². The molecule has 1 unspecified atom stereocenters. The predicted octanol–water partition coefficient (Wildman–Crippen LogP) is 4.56. The fourth-order valence-electron chi connectivity index (χ4n) is 4.98. The Balaban J connectivity index is 1.29. The molecule has 0 saturated heterocycles. The van der Waals surface area contributed by atoms with Gasteiger partial charge in [0.15, 0.2) is 0 Å². The zero-order chi connectivity index (χ0) is 24.9. The topological polar surface area (TPSA) is 105 Å². The van der Waals surface area contributed by atoms with E-state index < -0.39 is 18.1 Å². The van der Waals surface area contributed by atoms with E-state index in [1.165, 1.54) is 11.1 Å². The van der Waals surface area contributed by atoms with Crippen molar-refractivity contribution in [3.8, 4) is 11.1 Å². The first-order valence-electron chi connectivity index (χ1n) is 12.4. The van der Waals surface area contributed by atoms with Crippen molar-refractivity contribution >= 4 is 18.0 Å². The largest absolute Gasteiger partial charge is 0.481 e. The van der Waals surface area contributed by atoms with Crippen LogP contribution in [-0.4, -0.2) is 42.3 Å². The minimum atomic E-state index is -0.931. The van der Waals surface area contributed by atoms with Crippen LogP contribution in [0.1, 0.15) is 56.6 Å². The number of hydrogen-bond acceptors (Lipinski definition) is 4. The van der Waals surface area contributed by atoms with Crippen LogP contribution in [0, 0.1) is 17.8 Å². The number of carboxylic acids is 1. The maximum atomic E-state index is 12.6. The van der Waals surface area contributed by atoms with Gasteiger partial charge in [-0.05, 0) is 52.8 Å². The van der Waals surface area contributed by atoms with Gasteiger partial charge in [0, 0.05) is 24.9 Å². The van der Waals surface area contributed by atoms with Gasteiger partial charge in [0.2, 0.25) is 5.91 Å². The molecule has 0 bridgehead atoms. The van der Waals surface area contributed by atoms with E-state index in [-0.39, 0.29) is 43.1 Å². The number of nitrogens with one attached hydrogen (secondary N) is 2. The van der Waals surface area contributed by atoms with E-state index in [4.69, 9.17) is 9.84 Å². The number of ether oxygens (including phenoxy) is 1. The second kappa shape index (κ2) is 10.9. The maximum absolute atomic E-state index is 12.6. The van der Waals surface area contributed by atoms with Crippen LogP contribution in [0.2, 0.25) is 0 Å². The average Bonchev–Trinajstić information content (AvgIpc) is 3.62. The zero-order valence-corrected chi connectivity index (χ0v) is 20.3. The Hall–Kier alpha value is -3.35. The number of fused-ring (bicyclic) bond motifs is 3. The highest BCUT2D eigenvalue weighted by atomic mass is 16.5. The highest BCUT2D eigenvalue weighted by Gasteiger charge is 2.34. The van der Waals surface area contributed by atoms with Gasteiger partial charge in [0.05, 0.1) is 6.42 Å². The molecule has 0 radical (unpaired) electrons. The molecular formula is C28H34N2O5. The Bertz CT molecular complexity index is 1030. The van der Waals surface area contributed by atoms with Gasteiger partial charge in [0.1, 0.15) is 6.61 Å². The molecule has 2 aliphatic rings. The third kappa shape index (κ3) is 6.21. The fourth-order valence-corrected chi connectivity index (χ4v) is 4.98. The van der Waals surface area contributed by atoms with Crippen molar-refractivity contribution in [2.45, 2.75) is 51.5 Å². The molecule has 186 valence electrons. The molecule has 0 aromatic heterocycles. The lowest BCUT2D eigenvalue weighted by Crippen LogP contribution is -2.42. The van der Waals surface area contributed by atoms with Crippen molar-refractivity contribution in [3.63, 3.8) is 0 Å². The molecule has 7 nitrogen and oxygen atoms in total. The molecule has 0 spiro atoms. The molecule has 2 aromatic carbocycles. The van der Waals surface area contributed by atoms with Gasteiger partial charge in [-0.2, -0.15) is 0 Å². The quantitative estimate of drug-likeness (QED) is 0.439. The third-order valence-corrected chi connectivity index (χ3v) is 7.13. The Morgan fingerprint density at radius 2 is 1.57 bits per heavy atom. The number of carbonyl (C=O) groups is 3. The number of hydrogen-bond donors (Lipinski definition) is 3. The van der Waals surface area contributed by atoms with Crippen LogP contribution in [0.3, 0.4) is 0 Å². The first kappa shape index (κ1) is 24.8. The summed E-state index contributed by atoms with van der Waals surface area (Å²) in [5.41, 5.74) is 4.68. The number of benzene rings is 2. The van der Waals surface area contributed by atoms with Crippen LogP contribution in [0.4, 0.5) is 4.79 Å². The van der Waals surface area contributed by atoms with Crippen molar-refractivity contribution in [1.29, 1.82) is 0 Å². The summed E-state index contributed by atoms with van der Waals surface area (Å²) in [6.07, 6.45) is 1.75. The molecule has 0 heterocycles. The molecule has 2 aromatic rings. The number of alkyl carbamates (subject to hydrolysis) is 1. The van der Waals surface area contributed by atoms with E-state index in [0.717, 1.165) is 24.0 Å². The highest BCUT2D eigenvalue weighted by molar-refractivity contribution is 5.79. The third-order valence-electron chi connectivity index (χ3n) is 7.13. The van der Waals surface area contributed by atoms with E-state index in [2.05, 4.69) is 34.9 Å². The summed E-state index contributed by atoms with van der Waals surface area (Å²) in [6, 6.07) is 16.0. The van der Waals surface area contributed by atoms with E-state index >= 15 is 0 Å². The Morgan fingerprint density at radius 1 is 0.971 bits per heavy atom. The number of aliphatic carboxylic acids is 1. The molecule has 0 aliphatic heterocycles. The SMILES string of the molecule is CC(C)[C@H](CC(=O)O)NC(=O)CC(CNC(=O)OCC1c2ccccc2-c2ccccc21)C1CC1. The summed E-state index contributed by atoms with van der Waals surface area (Å²) in [4.78, 5) is 36.3. The van der Waals surface area contributed by atoms with Crippen molar-refractivity contribution in [2.24, 2.45) is 17.8 Å². The second-order valence-corrected chi connectivity index (χ2v) is 10.0. The van der Waals surface area contributed by atoms with E-state index in [0.29, 0.717) is 12.5 Å². The summed E-state index contributed by atoms with van der Waals surface area (Å²) in [6.45, 7) is 4.40. The lowest BCUT2D eigenvalue weighted by Gasteiger charge is -2.23. The van der Waals surface area contributed by atoms with E-state index in [9.17, 15) is 14.4 Å². The zero-order valence-electron chi connectivity index (χ0n) is 20.3. The van der Waals surface area contributed by atoms with Gasteiger partial charge < -0.3 is 20.5 Å². The van der Waals surface area contributed by atoms with Gasteiger partial charge in [-0.25, -0.2) is 4.79 Å². The van der Waals surface area contributed by atoms with Crippen molar-refractivity contribution in [3.05, 3.63) is 59.7 Å². The first-order chi connectivity index (χ1) is 16.8. The standard InChI is InChI=1S/C28H34N2O5/c1-17(2)25(14-27(32)33)30-26(31)13-19(18-11-12-18)15-29-28(34)35-16-24-22-9-5-3-7-20(22)21-8-4-6-10-23(21)24/h3-10,17-19,24-25H,11-16H2,1-2H3,(H,29,34)(H,30,31)(H,32,33)/t19?,25-/m0/s1. The summed E-state index contributed by atoms with van der Waals surface area (Å²) in [5, 5.41) is 14.8. The highest BCUT2D eigenvalue weighted by Crippen LogP contribution is 2.44. The molecule has 2 aliphatic carbocycles. The summed E-state index contributed by atoms with van der Waals surface area (Å²) in [5.74, 6) is -0.677. The average molecular weight is 479 g/mol. The van der Waals surface area contributed by atoms with Crippen molar-refractivity contribution in [1.82, 2.24) is 10.6 Å². The lowest BCUT2D eigenvalue weighted by atomic mass is 9.97. The minimum absolute atomic E-state index is 0.000332. The van der Waals surface area contributed by atoms with Gasteiger partial charge in [-0.1, -0.05) is 62.4 Å². The first-order valence-corrected chi connectivity index (χ1v) is 12.4. The second-order valence-electron chi connectivity index (χ2n) is 10.0. The molecular weight excluding hydrogens is 444 g/mol.